The van der Waals surface area contributed by atoms with Gasteiger partial charge < -0.3 is 9.47 Å². The monoisotopic (exact) mass is 434 g/mol. The number of aryl methyl sites for hydroxylation is 1. The van der Waals surface area contributed by atoms with E-state index >= 15 is 0 Å². The normalized spacial score (nSPS) is 10.9. The van der Waals surface area contributed by atoms with Gasteiger partial charge in [0.1, 0.15) is 12.1 Å². The average Bonchev–Trinajstić information content (AvgIpc) is 3.26. The van der Waals surface area contributed by atoms with Crippen LogP contribution >= 0.6 is 11.8 Å². The number of para-hydroxylation sites is 3. The fourth-order valence-electron chi connectivity index (χ4n) is 3.47. The summed E-state index contributed by atoms with van der Waals surface area (Å²) < 4.78 is 12.7. The Morgan fingerprint density at radius 2 is 1.90 bits per heavy atom. The van der Waals surface area contributed by atoms with E-state index in [2.05, 4.69) is 10.2 Å². The van der Waals surface area contributed by atoms with E-state index in [0.717, 1.165) is 27.9 Å². The number of carbonyl (C=O) groups excluding carboxylic acids is 1. The van der Waals surface area contributed by atoms with Gasteiger partial charge in [0.25, 0.3) is 0 Å². The Bertz CT molecular complexity index is 1240. The number of thioether (sulfide) groups is 1. The highest BCUT2D eigenvalue weighted by Gasteiger charge is 2.21. The highest BCUT2D eigenvalue weighted by Crippen LogP contribution is 2.31. The van der Waals surface area contributed by atoms with Crippen molar-refractivity contribution in [2.24, 2.45) is 0 Å². The van der Waals surface area contributed by atoms with Crippen molar-refractivity contribution in [3.8, 4) is 11.4 Å². The van der Waals surface area contributed by atoms with Crippen molar-refractivity contribution in [2.45, 2.75) is 24.8 Å². The summed E-state index contributed by atoms with van der Waals surface area (Å²) in [6.07, 6.45) is 1.64. The molecule has 7 nitrogen and oxygen atoms in total. The lowest BCUT2D eigenvalue weighted by Crippen LogP contribution is -2.12. The van der Waals surface area contributed by atoms with E-state index in [-0.39, 0.29) is 5.97 Å². The smallest absolute Gasteiger partial charge is 0.340 e. The molecule has 0 aliphatic heterocycles. The summed E-state index contributed by atoms with van der Waals surface area (Å²) in [7, 11) is 1.63. The zero-order chi connectivity index (χ0) is 21.8. The molecule has 0 unspecified atom stereocenters. The molecule has 0 atom stereocenters. The molecule has 0 saturated heterocycles. The second-order valence-corrected chi connectivity index (χ2v) is 7.68. The minimum absolute atomic E-state index is 0.305. The van der Waals surface area contributed by atoms with E-state index in [1.54, 1.807) is 20.4 Å². The molecule has 2 aromatic heterocycles. The molecule has 4 aromatic rings. The SMILES string of the molecule is CCOC(=O)c1c(CSc2nncn2-c2ccccc2OC)nc2ccccc2c1C. The molecular formula is C23H22N4O3S. The van der Waals surface area contributed by atoms with Gasteiger partial charge >= 0.3 is 5.97 Å². The van der Waals surface area contributed by atoms with Gasteiger partial charge in [-0.25, -0.2) is 4.79 Å². The third-order valence-electron chi connectivity index (χ3n) is 4.91. The lowest BCUT2D eigenvalue weighted by Gasteiger charge is -2.14. The third-order valence-corrected chi connectivity index (χ3v) is 5.86. The van der Waals surface area contributed by atoms with Crippen molar-refractivity contribution < 1.29 is 14.3 Å². The highest BCUT2D eigenvalue weighted by molar-refractivity contribution is 7.98. The van der Waals surface area contributed by atoms with Crippen molar-refractivity contribution in [1.82, 2.24) is 19.7 Å². The van der Waals surface area contributed by atoms with E-state index < -0.39 is 0 Å². The second-order valence-electron chi connectivity index (χ2n) is 6.74. The van der Waals surface area contributed by atoms with Gasteiger partial charge in [0.15, 0.2) is 5.16 Å². The first kappa shape index (κ1) is 20.9. The molecule has 4 rings (SSSR count). The number of nitrogens with zero attached hydrogens (tertiary/aromatic N) is 4. The quantitative estimate of drug-likeness (QED) is 0.311. The molecule has 0 aliphatic rings. The van der Waals surface area contributed by atoms with Crippen LogP contribution in [0.25, 0.3) is 16.6 Å². The lowest BCUT2D eigenvalue weighted by molar-refractivity contribution is 0.0524. The number of pyridine rings is 1. The maximum atomic E-state index is 12.7. The van der Waals surface area contributed by atoms with E-state index in [4.69, 9.17) is 14.5 Å². The molecule has 0 fully saturated rings. The van der Waals surface area contributed by atoms with Crippen LogP contribution in [0.3, 0.4) is 0 Å². The average molecular weight is 435 g/mol. The van der Waals surface area contributed by atoms with Crippen molar-refractivity contribution >= 4 is 28.6 Å². The molecule has 0 bridgehead atoms. The fourth-order valence-corrected chi connectivity index (χ4v) is 4.33. The predicted molar refractivity (Wildman–Crippen MR) is 120 cm³/mol. The summed E-state index contributed by atoms with van der Waals surface area (Å²) >= 11 is 1.45. The van der Waals surface area contributed by atoms with Crippen LogP contribution in [0, 0.1) is 6.92 Å². The van der Waals surface area contributed by atoms with Gasteiger partial charge in [-0.15, -0.1) is 10.2 Å². The molecule has 158 valence electrons. The fraction of sp³-hybridized carbons (Fsp3) is 0.217. The predicted octanol–water partition coefficient (Wildman–Crippen LogP) is 4.60. The van der Waals surface area contributed by atoms with Crippen LogP contribution in [-0.4, -0.2) is 39.4 Å². The Balaban J connectivity index is 1.71. The number of rotatable bonds is 7. The minimum Gasteiger partial charge on any atom is -0.495 e. The number of esters is 1. The van der Waals surface area contributed by atoms with Gasteiger partial charge in [-0.05, 0) is 37.6 Å². The Hall–Kier alpha value is -3.39. The van der Waals surface area contributed by atoms with Crippen LogP contribution in [0.2, 0.25) is 0 Å². The first-order valence-corrected chi connectivity index (χ1v) is 10.8. The first-order chi connectivity index (χ1) is 15.1. The maximum absolute atomic E-state index is 12.7. The van der Waals surface area contributed by atoms with Gasteiger partial charge in [0.2, 0.25) is 0 Å². The van der Waals surface area contributed by atoms with E-state index in [1.807, 2.05) is 60.0 Å². The summed E-state index contributed by atoms with van der Waals surface area (Å²) in [6, 6.07) is 15.5. The molecular weight excluding hydrogens is 412 g/mol. The van der Waals surface area contributed by atoms with Crippen molar-refractivity contribution in [1.29, 1.82) is 0 Å². The van der Waals surface area contributed by atoms with Crippen molar-refractivity contribution in [2.75, 3.05) is 13.7 Å². The zero-order valence-electron chi connectivity index (χ0n) is 17.5. The Kier molecular flexibility index (Phi) is 6.18. The molecule has 0 aliphatic carbocycles. The van der Waals surface area contributed by atoms with Crippen molar-refractivity contribution in [3.63, 3.8) is 0 Å². The zero-order valence-corrected chi connectivity index (χ0v) is 18.3. The Morgan fingerprint density at radius 3 is 2.71 bits per heavy atom. The summed E-state index contributed by atoms with van der Waals surface area (Å²) in [5, 5.41) is 9.93. The number of aromatic nitrogens is 4. The molecule has 2 aromatic carbocycles. The van der Waals surface area contributed by atoms with Gasteiger partial charge in [0.05, 0.1) is 36.2 Å². The summed E-state index contributed by atoms with van der Waals surface area (Å²) in [5.74, 6) is 0.796. The van der Waals surface area contributed by atoms with Crippen LogP contribution in [0.1, 0.15) is 28.5 Å². The number of benzene rings is 2. The van der Waals surface area contributed by atoms with Crippen LogP contribution in [0.4, 0.5) is 0 Å². The number of hydrogen-bond acceptors (Lipinski definition) is 7. The van der Waals surface area contributed by atoms with E-state index in [0.29, 0.717) is 28.8 Å². The maximum Gasteiger partial charge on any atom is 0.340 e. The van der Waals surface area contributed by atoms with Crippen molar-refractivity contribution in [3.05, 3.63) is 71.7 Å². The number of carbonyl (C=O) groups is 1. The van der Waals surface area contributed by atoms with Gasteiger partial charge in [-0.1, -0.05) is 42.1 Å². The van der Waals surface area contributed by atoms with Gasteiger partial charge in [-0.3, -0.25) is 9.55 Å². The summed E-state index contributed by atoms with van der Waals surface area (Å²) in [6.45, 7) is 4.04. The topological polar surface area (TPSA) is 79.1 Å². The molecule has 0 N–H and O–H groups in total. The first-order valence-electron chi connectivity index (χ1n) is 9.85. The molecule has 31 heavy (non-hydrogen) atoms. The van der Waals surface area contributed by atoms with Crippen LogP contribution in [0.5, 0.6) is 5.75 Å². The molecule has 0 saturated carbocycles. The number of fused-ring (bicyclic) bond motifs is 1. The van der Waals surface area contributed by atoms with Gasteiger partial charge in [-0.2, -0.15) is 0 Å². The second kappa shape index (κ2) is 9.18. The minimum atomic E-state index is -0.361. The standard InChI is InChI=1S/C23H22N4O3S/c1-4-30-22(28)21-15(2)16-9-5-6-10-17(16)25-18(21)13-31-23-26-24-14-27(23)19-11-7-8-12-20(19)29-3/h5-12,14H,4,13H2,1-3H3. The summed E-state index contributed by atoms with van der Waals surface area (Å²) in [4.78, 5) is 17.5. The Labute approximate surface area is 184 Å². The van der Waals surface area contributed by atoms with E-state index in [1.165, 1.54) is 11.8 Å². The number of hydrogen-bond donors (Lipinski definition) is 0. The number of ether oxygens (including phenoxy) is 2. The molecule has 0 amide bonds. The lowest BCUT2D eigenvalue weighted by atomic mass is 10.0. The molecule has 0 radical (unpaired) electrons. The largest absolute Gasteiger partial charge is 0.495 e. The highest BCUT2D eigenvalue weighted by atomic mass is 32.2. The van der Waals surface area contributed by atoms with Gasteiger partial charge in [0, 0.05) is 11.1 Å². The molecule has 2 heterocycles. The Morgan fingerprint density at radius 1 is 1.13 bits per heavy atom. The van der Waals surface area contributed by atoms with E-state index in [9.17, 15) is 4.79 Å². The molecule has 8 heteroatoms. The van der Waals surface area contributed by atoms with Crippen LogP contribution < -0.4 is 4.74 Å². The third kappa shape index (κ3) is 4.11. The molecule has 0 spiro atoms. The summed E-state index contributed by atoms with van der Waals surface area (Å²) in [5.41, 5.74) is 3.72. The number of methoxy groups -OCH3 is 1. The van der Waals surface area contributed by atoms with Crippen LogP contribution in [0.15, 0.2) is 60.0 Å². The van der Waals surface area contributed by atoms with Crippen LogP contribution in [-0.2, 0) is 10.5 Å².